The first-order chi connectivity index (χ1) is 7.69. The Hall–Kier alpha value is -1.61. The van der Waals surface area contributed by atoms with E-state index in [9.17, 15) is 4.79 Å². The molecular formula is C13H14O3. The first kappa shape index (κ1) is 10.9. The van der Waals surface area contributed by atoms with Gasteiger partial charge in [-0.3, -0.25) is 4.79 Å². The van der Waals surface area contributed by atoms with E-state index in [1.807, 2.05) is 0 Å². The van der Waals surface area contributed by atoms with E-state index in [1.54, 1.807) is 7.11 Å². The molecule has 0 aromatic carbocycles. The number of rotatable bonds is 1. The number of methoxy groups -OCH3 is 1. The van der Waals surface area contributed by atoms with Crippen LogP contribution in [0.4, 0.5) is 0 Å². The number of carbonyl (C=O) groups is 1. The molecule has 3 heteroatoms. The van der Waals surface area contributed by atoms with Crippen molar-refractivity contribution in [3.8, 4) is 0 Å². The zero-order chi connectivity index (χ0) is 11.5. The van der Waals surface area contributed by atoms with Crippen molar-refractivity contribution in [3.63, 3.8) is 0 Å². The molecule has 1 N–H and O–H groups in total. The molecule has 0 spiro atoms. The summed E-state index contributed by atoms with van der Waals surface area (Å²) < 4.78 is 5.10. The number of allylic oxidation sites excluding steroid dienone is 6. The van der Waals surface area contributed by atoms with Crippen LogP contribution in [0.25, 0.3) is 0 Å². The second-order valence-electron chi connectivity index (χ2n) is 3.92. The van der Waals surface area contributed by atoms with Crippen LogP contribution in [0.5, 0.6) is 0 Å². The number of hydrogen-bond donors (Lipinski definition) is 1. The van der Waals surface area contributed by atoms with Gasteiger partial charge in [0, 0.05) is 12.8 Å². The Morgan fingerprint density at radius 3 is 2.44 bits per heavy atom. The standard InChI is InChI=1S/C8H8O.C5H6O2/c1-9-8-5-6-2-3-7(8)4-6;6-4-1-2-5(7)3-4/h2-3,5H,4H2,1H3;1-2,4,6H,3H2. The van der Waals surface area contributed by atoms with Gasteiger partial charge < -0.3 is 9.84 Å². The number of fused-ring (bicyclic) bond motifs is 2. The van der Waals surface area contributed by atoms with Crippen LogP contribution in [-0.2, 0) is 9.53 Å². The molecule has 0 aromatic rings. The van der Waals surface area contributed by atoms with Crippen LogP contribution in [-0.4, -0.2) is 24.1 Å². The molecule has 3 nitrogen and oxygen atoms in total. The van der Waals surface area contributed by atoms with E-state index in [4.69, 9.17) is 9.84 Å². The van der Waals surface area contributed by atoms with Gasteiger partial charge in [0.2, 0.25) is 0 Å². The average Bonchev–Trinajstić information content (AvgIpc) is 2.95. The molecule has 84 valence electrons. The third-order valence-corrected chi connectivity index (χ3v) is 2.66. The maximum atomic E-state index is 10.2. The Bertz CT molecular complexity index is 424. The molecule has 2 bridgehead atoms. The summed E-state index contributed by atoms with van der Waals surface area (Å²) in [6, 6.07) is 0. The number of ketones is 1. The molecule has 3 aliphatic rings. The Morgan fingerprint density at radius 2 is 2.19 bits per heavy atom. The van der Waals surface area contributed by atoms with Crippen molar-refractivity contribution in [2.24, 2.45) is 0 Å². The summed E-state index contributed by atoms with van der Waals surface area (Å²) in [5.41, 5.74) is 2.70. The smallest absolute Gasteiger partial charge is 0.158 e. The highest BCUT2D eigenvalue weighted by Gasteiger charge is 2.17. The van der Waals surface area contributed by atoms with E-state index in [2.05, 4.69) is 18.2 Å². The summed E-state index contributed by atoms with van der Waals surface area (Å²) in [5, 5.41) is 8.59. The van der Waals surface area contributed by atoms with Crippen molar-refractivity contribution in [1.29, 1.82) is 0 Å². The van der Waals surface area contributed by atoms with Crippen molar-refractivity contribution in [1.82, 2.24) is 0 Å². The fraction of sp³-hybridized carbons (Fsp3) is 0.308. The van der Waals surface area contributed by atoms with Gasteiger partial charge in [0.1, 0.15) is 5.76 Å². The van der Waals surface area contributed by atoms with Crippen LogP contribution >= 0.6 is 0 Å². The predicted molar refractivity (Wildman–Crippen MR) is 60.6 cm³/mol. The van der Waals surface area contributed by atoms with Crippen LogP contribution in [0.2, 0.25) is 0 Å². The van der Waals surface area contributed by atoms with Crippen LogP contribution in [0.3, 0.4) is 0 Å². The van der Waals surface area contributed by atoms with Crippen LogP contribution in [0.15, 0.2) is 47.3 Å². The van der Waals surface area contributed by atoms with E-state index >= 15 is 0 Å². The van der Waals surface area contributed by atoms with Gasteiger partial charge in [-0.1, -0.05) is 18.2 Å². The van der Waals surface area contributed by atoms with Gasteiger partial charge in [-0.15, -0.1) is 0 Å². The van der Waals surface area contributed by atoms with Crippen molar-refractivity contribution < 1.29 is 14.6 Å². The SMILES string of the molecule is COC1=C2C=CC(=C1)C2.O=C1C=CC(O)C1. The molecule has 0 heterocycles. The molecule has 16 heavy (non-hydrogen) atoms. The number of ether oxygens (including phenoxy) is 1. The number of hydrogen-bond acceptors (Lipinski definition) is 3. The molecule has 0 aliphatic heterocycles. The zero-order valence-electron chi connectivity index (χ0n) is 9.14. The highest BCUT2D eigenvalue weighted by molar-refractivity contribution is 5.92. The number of aliphatic hydroxyl groups is 1. The maximum Gasteiger partial charge on any atom is 0.158 e. The van der Waals surface area contributed by atoms with Crippen molar-refractivity contribution in [2.45, 2.75) is 18.9 Å². The first-order valence-corrected chi connectivity index (χ1v) is 5.24. The van der Waals surface area contributed by atoms with E-state index in [0.29, 0.717) is 0 Å². The van der Waals surface area contributed by atoms with E-state index in [1.165, 1.54) is 23.3 Å². The topological polar surface area (TPSA) is 46.5 Å². The Morgan fingerprint density at radius 1 is 1.38 bits per heavy atom. The normalized spacial score (nSPS) is 24.8. The Labute approximate surface area is 94.4 Å². The molecule has 0 saturated carbocycles. The van der Waals surface area contributed by atoms with Gasteiger partial charge in [-0.05, 0) is 23.3 Å². The largest absolute Gasteiger partial charge is 0.496 e. The highest BCUT2D eigenvalue weighted by atomic mass is 16.5. The van der Waals surface area contributed by atoms with Crippen LogP contribution in [0.1, 0.15) is 12.8 Å². The lowest BCUT2D eigenvalue weighted by Gasteiger charge is -1.98. The summed E-state index contributed by atoms with van der Waals surface area (Å²) in [6.07, 6.45) is 10.1. The molecule has 0 radical (unpaired) electrons. The summed E-state index contributed by atoms with van der Waals surface area (Å²) in [4.78, 5) is 10.2. The Kier molecular flexibility index (Phi) is 3.06. The van der Waals surface area contributed by atoms with Gasteiger partial charge >= 0.3 is 0 Å². The van der Waals surface area contributed by atoms with E-state index < -0.39 is 6.10 Å². The lowest BCUT2D eigenvalue weighted by Crippen LogP contribution is -1.99. The third kappa shape index (κ3) is 2.31. The lowest BCUT2D eigenvalue weighted by atomic mass is 10.3. The van der Waals surface area contributed by atoms with Crippen LogP contribution in [0, 0.1) is 0 Å². The minimum absolute atomic E-state index is 0.0208. The van der Waals surface area contributed by atoms with E-state index in [0.717, 1.165) is 12.2 Å². The number of carbonyl (C=O) groups excluding carboxylic acids is 1. The average molecular weight is 218 g/mol. The van der Waals surface area contributed by atoms with Gasteiger partial charge in [0.25, 0.3) is 0 Å². The molecule has 1 atom stereocenters. The minimum Gasteiger partial charge on any atom is -0.496 e. The van der Waals surface area contributed by atoms with Crippen molar-refractivity contribution >= 4 is 5.78 Å². The molecule has 0 fully saturated rings. The third-order valence-electron chi connectivity index (χ3n) is 2.66. The molecule has 0 amide bonds. The monoisotopic (exact) mass is 218 g/mol. The van der Waals surface area contributed by atoms with Gasteiger partial charge in [-0.2, -0.15) is 0 Å². The summed E-state index contributed by atoms with van der Waals surface area (Å²) in [7, 11) is 1.72. The fourth-order valence-corrected chi connectivity index (χ4v) is 1.83. The van der Waals surface area contributed by atoms with Crippen LogP contribution < -0.4 is 0 Å². The first-order valence-electron chi connectivity index (χ1n) is 5.24. The molecule has 1 unspecified atom stereocenters. The van der Waals surface area contributed by atoms with Gasteiger partial charge in [0.05, 0.1) is 13.2 Å². The maximum absolute atomic E-state index is 10.2. The molecule has 0 aromatic heterocycles. The Balaban J connectivity index is 0.000000125. The second-order valence-corrected chi connectivity index (χ2v) is 3.92. The summed E-state index contributed by atoms with van der Waals surface area (Å²) in [5.74, 6) is 1.07. The molecule has 0 saturated heterocycles. The summed E-state index contributed by atoms with van der Waals surface area (Å²) in [6.45, 7) is 0. The quantitative estimate of drug-likeness (QED) is 0.728. The fourth-order valence-electron chi connectivity index (χ4n) is 1.83. The predicted octanol–water partition coefficient (Wildman–Crippen LogP) is 1.66. The highest BCUT2D eigenvalue weighted by Crippen LogP contribution is 2.33. The lowest BCUT2D eigenvalue weighted by molar-refractivity contribution is -0.114. The molecule has 3 rings (SSSR count). The van der Waals surface area contributed by atoms with Gasteiger partial charge in [0.15, 0.2) is 5.78 Å². The zero-order valence-corrected chi connectivity index (χ0v) is 9.14. The van der Waals surface area contributed by atoms with E-state index in [-0.39, 0.29) is 12.2 Å². The van der Waals surface area contributed by atoms with Crippen molar-refractivity contribution in [2.75, 3.05) is 7.11 Å². The van der Waals surface area contributed by atoms with Crippen molar-refractivity contribution in [3.05, 3.63) is 47.3 Å². The summed E-state index contributed by atoms with van der Waals surface area (Å²) >= 11 is 0. The molecular weight excluding hydrogens is 204 g/mol. The van der Waals surface area contributed by atoms with Gasteiger partial charge in [-0.25, -0.2) is 0 Å². The molecule has 3 aliphatic carbocycles. The number of aliphatic hydroxyl groups excluding tert-OH is 1. The second kappa shape index (κ2) is 4.49. The minimum atomic E-state index is -0.507.